The molecule has 0 spiro atoms. The Morgan fingerprint density at radius 1 is 1.27 bits per heavy atom. The van der Waals surface area contributed by atoms with Gasteiger partial charge in [-0.2, -0.15) is 0 Å². The molecule has 0 aromatic heterocycles. The average molecular weight is 297 g/mol. The van der Waals surface area contributed by atoms with Crippen LogP contribution >= 0.6 is 0 Å². The highest BCUT2D eigenvalue weighted by Crippen LogP contribution is 2.40. The van der Waals surface area contributed by atoms with Gasteiger partial charge in [-0.3, -0.25) is 0 Å². The second-order valence-corrected chi connectivity index (χ2v) is 5.61. The first-order valence-corrected chi connectivity index (χ1v) is 7.29. The van der Waals surface area contributed by atoms with Gasteiger partial charge in [-0.05, 0) is 36.2 Å². The van der Waals surface area contributed by atoms with Crippen LogP contribution in [0.1, 0.15) is 45.6 Å². The van der Waals surface area contributed by atoms with Crippen molar-refractivity contribution in [2.75, 3.05) is 7.11 Å². The van der Waals surface area contributed by atoms with Crippen LogP contribution in [0, 0.1) is 6.92 Å². The predicted octanol–water partition coefficient (Wildman–Crippen LogP) is 3.31. The van der Waals surface area contributed by atoms with Crippen LogP contribution in [0.2, 0.25) is 0 Å². The number of methoxy groups -OCH3 is 1. The van der Waals surface area contributed by atoms with E-state index in [0.29, 0.717) is 12.0 Å². The largest absolute Gasteiger partial charge is 0.485 e. The van der Waals surface area contributed by atoms with Gasteiger partial charge in [0.2, 0.25) is 0 Å². The minimum absolute atomic E-state index is 0.0730. The lowest BCUT2D eigenvalue weighted by molar-refractivity contribution is 0.0600. The predicted molar refractivity (Wildman–Crippen MR) is 83.9 cm³/mol. The molecule has 4 heteroatoms. The minimum Gasteiger partial charge on any atom is -0.485 e. The van der Waals surface area contributed by atoms with E-state index < -0.39 is 0 Å². The molecule has 0 radical (unpaired) electrons. The maximum atomic E-state index is 11.7. The van der Waals surface area contributed by atoms with Gasteiger partial charge in [-0.15, -0.1) is 0 Å². The first-order valence-electron chi connectivity index (χ1n) is 7.29. The van der Waals surface area contributed by atoms with Crippen molar-refractivity contribution >= 4 is 5.97 Å². The number of nitrogens with two attached hydrogens (primary N) is 1. The molecule has 1 heterocycles. The zero-order chi connectivity index (χ0) is 15.7. The highest BCUT2D eigenvalue weighted by Gasteiger charge is 2.27. The Balaban J connectivity index is 1.92. The zero-order valence-corrected chi connectivity index (χ0v) is 12.7. The van der Waals surface area contributed by atoms with Crippen LogP contribution in [0.15, 0.2) is 42.5 Å². The fourth-order valence-electron chi connectivity index (χ4n) is 2.80. The standard InChI is InChI=1S/C18H19NO3/c1-11-6-7-14-15(19)10-16(22-17(14)8-11)12-4-3-5-13(9-12)18(20)21-2/h3-9,15-16H,10,19H2,1-2H3/t15?,16-/m1/s1. The van der Waals surface area contributed by atoms with Crippen LogP contribution in [0.4, 0.5) is 0 Å². The van der Waals surface area contributed by atoms with Gasteiger partial charge in [0.05, 0.1) is 12.7 Å². The molecule has 22 heavy (non-hydrogen) atoms. The van der Waals surface area contributed by atoms with Gasteiger partial charge in [-0.25, -0.2) is 4.79 Å². The molecule has 1 unspecified atom stereocenters. The first-order chi connectivity index (χ1) is 10.6. The number of fused-ring (bicyclic) bond motifs is 1. The van der Waals surface area contributed by atoms with E-state index in [1.54, 1.807) is 6.07 Å². The summed E-state index contributed by atoms with van der Waals surface area (Å²) < 4.78 is 10.9. The molecule has 114 valence electrons. The maximum Gasteiger partial charge on any atom is 0.337 e. The number of ether oxygens (including phenoxy) is 2. The molecule has 0 bridgehead atoms. The molecule has 0 saturated carbocycles. The van der Waals surface area contributed by atoms with Crippen molar-refractivity contribution in [3.05, 3.63) is 64.7 Å². The Hall–Kier alpha value is -2.33. The molecule has 0 saturated heterocycles. The average Bonchev–Trinajstić information content (AvgIpc) is 2.53. The van der Waals surface area contributed by atoms with Gasteiger partial charge in [0.15, 0.2) is 0 Å². The molecule has 1 aliphatic heterocycles. The van der Waals surface area contributed by atoms with Gasteiger partial charge in [-0.1, -0.05) is 24.3 Å². The molecule has 2 N–H and O–H groups in total. The molecule has 4 nitrogen and oxygen atoms in total. The lowest BCUT2D eigenvalue weighted by Gasteiger charge is -2.31. The van der Waals surface area contributed by atoms with E-state index in [4.69, 9.17) is 15.2 Å². The fraction of sp³-hybridized carbons (Fsp3) is 0.278. The molecule has 0 aliphatic carbocycles. The fourth-order valence-corrected chi connectivity index (χ4v) is 2.80. The number of carbonyl (C=O) groups excluding carboxylic acids is 1. The van der Waals surface area contributed by atoms with Crippen molar-refractivity contribution in [2.45, 2.75) is 25.5 Å². The van der Waals surface area contributed by atoms with E-state index in [1.807, 2.05) is 43.3 Å². The van der Waals surface area contributed by atoms with E-state index in [1.165, 1.54) is 7.11 Å². The monoisotopic (exact) mass is 297 g/mol. The van der Waals surface area contributed by atoms with Crippen LogP contribution < -0.4 is 10.5 Å². The molecule has 2 aromatic rings. The number of esters is 1. The summed E-state index contributed by atoms with van der Waals surface area (Å²) >= 11 is 0. The number of hydrogen-bond acceptors (Lipinski definition) is 4. The number of aryl methyl sites for hydroxylation is 1. The van der Waals surface area contributed by atoms with Gasteiger partial charge in [0, 0.05) is 18.0 Å². The van der Waals surface area contributed by atoms with Crippen molar-refractivity contribution in [3.8, 4) is 5.75 Å². The summed E-state index contributed by atoms with van der Waals surface area (Å²) in [5, 5.41) is 0. The topological polar surface area (TPSA) is 61.5 Å². The quantitative estimate of drug-likeness (QED) is 0.864. The smallest absolute Gasteiger partial charge is 0.337 e. The van der Waals surface area contributed by atoms with Crippen molar-refractivity contribution in [3.63, 3.8) is 0 Å². The molecular formula is C18H19NO3. The molecule has 0 amide bonds. The van der Waals surface area contributed by atoms with Crippen LogP contribution in [-0.2, 0) is 4.74 Å². The summed E-state index contributed by atoms with van der Waals surface area (Å²) in [5.41, 5.74) is 9.90. The second kappa shape index (κ2) is 5.81. The summed E-state index contributed by atoms with van der Waals surface area (Å²) in [5.74, 6) is 0.477. The Bertz CT molecular complexity index is 711. The Labute approximate surface area is 129 Å². The summed E-state index contributed by atoms with van der Waals surface area (Å²) in [6.07, 6.45) is 0.523. The summed E-state index contributed by atoms with van der Waals surface area (Å²) in [7, 11) is 1.38. The molecule has 3 rings (SSSR count). The molecule has 2 atom stereocenters. The number of hydrogen-bond donors (Lipinski definition) is 1. The van der Waals surface area contributed by atoms with Crippen LogP contribution in [0.5, 0.6) is 5.75 Å². The second-order valence-electron chi connectivity index (χ2n) is 5.61. The Kier molecular flexibility index (Phi) is 3.86. The Morgan fingerprint density at radius 2 is 2.09 bits per heavy atom. The lowest BCUT2D eigenvalue weighted by Crippen LogP contribution is -2.24. The van der Waals surface area contributed by atoms with Crippen molar-refractivity contribution < 1.29 is 14.3 Å². The maximum absolute atomic E-state index is 11.7. The SMILES string of the molecule is COC(=O)c1cccc([C@H]2CC(N)c3ccc(C)cc3O2)c1. The third-order valence-electron chi connectivity index (χ3n) is 3.99. The number of benzene rings is 2. The van der Waals surface area contributed by atoms with Crippen LogP contribution in [0.3, 0.4) is 0 Å². The highest BCUT2D eigenvalue weighted by molar-refractivity contribution is 5.89. The molecular weight excluding hydrogens is 278 g/mol. The van der Waals surface area contributed by atoms with E-state index in [0.717, 1.165) is 22.4 Å². The van der Waals surface area contributed by atoms with E-state index in [9.17, 15) is 4.79 Å². The first kappa shape index (κ1) is 14.6. The van der Waals surface area contributed by atoms with Gasteiger partial charge in [0.25, 0.3) is 0 Å². The zero-order valence-electron chi connectivity index (χ0n) is 12.7. The minimum atomic E-state index is -0.349. The third kappa shape index (κ3) is 2.70. The van der Waals surface area contributed by atoms with Crippen molar-refractivity contribution in [2.24, 2.45) is 5.73 Å². The van der Waals surface area contributed by atoms with E-state index in [-0.39, 0.29) is 18.1 Å². The van der Waals surface area contributed by atoms with E-state index >= 15 is 0 Å². The third-order valence-corrected chi connectivity index (χ3v) is 3.99. The number of carbonyl (C=O) groups is 1. The van der Waals surface area contributed by atoms with Crippen LogP contribution in [0.25, 0.3) is 0 Å². The van der Waals surface area contributed by atoms with Crippen molar-refractivity contribution in [1.82, 2.24) is 0 Å². The molecule has 2 aromatic carbocycles. The van der Waals surface area contributed by atoms with Gasteiger partial charge in [0.1, 0.15) is 11.9 Å². The molecule has 0 fully saturated rings. The normalized spacial score (nSPS) is 20.0. The number of rotatable bonds is 2. The van der Waals surface area contributed by atoms with E-state index in [2.05, 4.69) is 0 Å². The van der Waals surface area contributed by atoms with Gasteiger partial charge < -0.3 is 15.2 Å². The lowest BCUT2D eigenvalue weighted by atomic mass is 9.92. The summed E-state index contributed by atoms with van der Waals surface area (Å²) in [6.45, 7) is 2.02. The summed E-state index contributed by atoms with van der Waals surface area (Å²) in [6, 6.07) is 13.3. The highest BCUT2D eigenvalue weighted by atomic mass is 16.5. The van der Waals surface area contributed by atoms with Crippen LogP contribution in [-0.4, -0.2) is 13.1 Å². The van der Waals surface area contributed by atoms with Crippen molar-refractivity contribution in [1.29, 1.82) is 0 Å². The molecule has 1 aliphatic rings. The Morgan fingerprint density at radius 3 is 2.86 bits per heavy atom. The summed E-state index contributed by atoms with van der Waals surface area (Å²) in [4.78, 5) is 11.7. The van der Waals surface area contributed by atoms with Gasteiger partial charge >= 0.3 is 5.97 Å².